The largest absolute Gasteiger partial charge is 0.354 e. The molecule has 0 aromatic heterocycles. The van der Waals surface area contributed by atoms with E-state index < -0.39 is 0 Å². The zero-order valence-corrected chi connectivity index (χ0v) is 12.6. The van der Waals surface area contributed by atoms with Crippen LogP contribution in [0.4, 0.5) is 0 Å². The van der Waals surface area contributed by atoms with E-state index in [4.69, 9.17) is 0 Å². The van der Waals surface area contributed by atoms with Crippen molar-refractivity contribution in [3.63, 3.8) is 0 Å². The Balaban J connectivity index is 2.40. The third kappa shape index (κ3) is 6.36. The van der Waals surface area contributed by atoms with Crippen molar-refractivity contribution in [3.8, 4) is 0 Å². The molecule has 1 N–H and O–H groups in total. The molecule has 1 rings (SSSR count). The summed E-state index contributed by atoms with van der Waals surface area (Å²) in [5, 5.41) is 2.85. The van der Waals surface area contributed by atoms with Gasteiger partial charge in [0.25, 0.3) is 0 Å². The van der Waals surface area contributed by atoms with Gasteiger partial charge >= 0.3 is 0 Å². The summed E-state index contributed by atoms with van der Waals surface area (Å²) in [6, 6.07) is 9.85. The Labute approximate surface area is 121 Å². The molecule has 110 valence electrons. The van der Waals surface area contributed by atoms with Crippen LogP contribution in [0.25, 0.3) is 0 Å². The van der Waals surface area contributed by atoms with Crippen LogP contribution in [0.1, 0.15) is 32.8 Å². The average Bonchev–Trinajstić information content (AvgIpc) is 2.37. The number of carbonyl (C=O) groups excluding carboxylic acids is 2. The fraction of sp³-hybridized carbons (Fsp3) is 0.500. The van der Waals surface area contributed by atoms with Crippen LogP contribution in [-0.2, 0) is 16.1 Å². The van der Waals surface area contributed by atoms with E-state index >= 15 is 0 Å². The maximum atomic E-state index is 11.6. The van der Waals surface area contributed by atoms with E-state index in [0.717, 1.165) is 5.56 Å². The molecule has 0 aliphatic carbocycles. The van der Waals surface area contributed by atoms with Gasteiger partial charge in [0, 0.05) is 33.0 Å². The Morgan fingerprint density at radius 1 is 1.20 bits per heavy atom. The highest BCUT2D eigenvalue weighted by atomic mass is 16.2. The minimum atomic E-state index is 0.0203. The fourth-order valence-electron chi connectivity index (χ4n) is 1.92. The highest BCUT2D eigenvalue weighted by Crippen LogP contribution is 2.04. The molecule has 0 fully saturated rings. The third-order valence-corrected chi connectivity index (χ3v) is 2.96. The second-order valence-electron chi connectivity index (χ2n) is 5.37. The molecule has 0 spiro atoms. The van der Waals surface area contributed by atoms with E-state index in [-0.39, 0.29) is 11.8 Å². The molecule has 4 heteroatoms. The monoisotopic (exact) mass is 276 g/mol. The minimum absolute atomic E-state index is 0.0203. The zero-order valence-electron chi connectivity index (χ0n) is 12.6. The van der Waals surface area contributed by atoms with Gasteiger partial charge in [-0.3, -0.25) is 9.59 Å². The number of hydrogen-bond donors (Lipinski definition) is 1. The van der Waals surface area contributed by atoms with E-state index in [0.29, 0.717) is 32.0 Å². The molecule has 0 bridgehead atoms. The predicted molar refractivity (Wildman–Crippen MR) is 80.0 cm³/mol. The van der Waals surface area contributed by atoms with Crippen LogP contribution in [0.15, 0.2) is 30.3 Å². The lowest BCUT2D eigenvalue weighted by atomic mass is 10.1. The quantitative estimate of drug-likeness (QED) is 0.830. The van der Waals surface area contributed by atoms with Crippen molar-refractivity contribution in [1.82, 2.24) is 10.2 Å². The number of nitrogens with zero attached hydrogens (tertiary/aromatic N) is 1. The van der Waals surface area contributed by atoms with Crippen molar-refractivity contribution in [3.05, 3.63) is 35.9 Å². The minimum Gasteiger partial charge on any atom is -0.354 e. The van der Waals surface area contributed by atoms with E-state index in [1.807, 2.05) is 44.2 Å². The number of amides is 2. The Morgan fingerprint density at radius 2 is 1.85 bits per heavy atom. The van der Waals surface area contributed by atoms with Gasteiger partial charge in [0.2, 0.25) is 11.8 Å². The maximum absolute atomic E-state index is 11.6. The number of nitrogens with one attached hydrogen (secondary N) is 1. The lowest BCUT2D eigenvalue weighted by Gasteiger charge is -2.21. The summed E-state index contributed by atoms with van der Waals surface area (Å²) in [5.74, 6) is 0.415. The van der Waals surface area contributed by atoms with Crippen molar-refractivity contribution in [2.75, 3.05) is 13.1 Å². The number of rotatable bonds is 7. The zero-order chi connectivity index (χ0) is 15.0. The first-order valence-electron chi connectivity index (χ1n) is 7.05. The van der Waals surface area contributed by atoms with Crippen LogP contribution < -0.4 is 5.32 Å². The number of benzene rings is 1. The van der Waals surface area contributed by atoms with Crippen molar-refractivity contribution in [1.29, 1.82) is 0 Å². The average molecular weight is 276 g/mol. The van der Waals surface area contributed by atoms with Crippen LogP contribution >= 0.6 is 0 Å². The standard InChI is InChI=1S/C16H24N2O2/c1-13(2)11-16(20)17-9-10-18(14(3)19)12-15-7-5-4-6-8-15/h4-8,13H,9-12H2,1-3H3,(H,17,20). The number of carbonyl (C=O) groups is 2. The highest BCUT2D eigenvalue weighted by molar-refractivity contribution is 5.76. The van der Waals surface area contributed by atoms with E-state index in [1.165, 1.54) is 0 Å². The summed E-state index contributed by atoms with van der Waals surface area (Å²) in [5.41, 5.74) is 1.09. The number of hydrogen-bond acceptors (Lipinski definition) is 2. The van der Waals surface area contributed by atoms with Gasteiger partial charge in [-0.15, -0.1) is 0 Å². The summed E-state index contributed by atoms with van der Waals surface area (Å²) >= 11 is 0. The molecule has 0 aliphatic heterocycles. The van der Waals surface area contributed by atoms with Crippen molar-refractivity contribution < 1.29 is 9.59 Å². The summed E-state index contributed by atoms with van der Waals surface area (Å²) in [4.78, 5) is 24.9. The molecule has 0 unspecified atom stereocenters. The lowest BCUT2D eigenvalue weighted by molar-refractivity contribution is -0.130. The van der Waals surface area contributed by atoms with Gasteiger partial charge in [0.1, 0.15) is 0 Å². The molecule has 1 aromatic carbocycles. The maximum Gasteiger partial charge on any atom is 0.220 e. The van der Waals surface area contributed by atoms with E-state index in [9.17, 15) is 9.59 Å². The molecule has 4 nitrogen and oxygen atoms in total. The second kappa shape index (κ2) is 8.35. The van der Waals surface area contributed by atoms with Crippen LogP contribution in [0.3, 0.4) is 0 Å². The molecular weight excluding hydrogens is 252 g/mol. The first kappa shape index (κ1) is 16.2. The molecule has 1 aromatic rings. The van der Waals surface area contributed by atoms with E-state index in [1.54, 1.807) is 11.8 Å². The molecule has 0 aliphatic rings. The predicted octanol–water partition coefficient (Wildman–Crippen LogP) is 2.20. The lowest BCUT2D eigenvalue weighted by Crippen LogP contribution is -2.37. The summed E-state index contributed by atoms with van der Waals surface area (Å²) in [6.07, 6.45) is 0.527. The Kier molecular flexibility index (Phi) is 6.77. The summed E-state index contributed by atoms with van der Waals surface area (Å²) in [7, 11) is 0. The fourth-order valence-corrected chi connectivity index (χ4v) is 1.92. The Hall–Kier alpha value is -1.84. The van der Waals surface area contributed by atoms with Crippen LogP contribution in [0.5, 0.6) is 0 Å². The topological polar surface area (TPSA) is 49.4 Å². The molecular formula is C16H24N2O2. The molecule has 0 radical (unpaired) electrons. The smallest absolute Gasteiger partial charge is 0.220 e. The Morgan fingerprint density at radius 3 is 2.40 bits per heavy atom. The van der Waals surface area contributed by atoms with Crippen molar-refractivity contribution in [2.24, 2.45) is 5.92 Å². The van der Waals surface area contributed by atoms with Crippen molar-refractivity contribution >= 4 is 11.8 Å². The van der Waals surface area contributed by atoms with Crippen molar-refractivity contribution in [2.45, 2.75) is 33.7 Å². The van der Waals surface area contributed by atoms with Gasteiger partial charge in [-0.25, -0.2) is 0 Å². The SMILES string of the molecule is CC(=O)N(CCNC(=O)CC(C)C)Cc1ccccc1. The van der Waals surface area contributed by atoms with Crippen LogP contribution in [-0.4, -0.2) is 29.8 Å². The molecule has 0 heterocycles. The molecule has 0 saturated heterocycles. The van der Waals surface area contributed by atoms with Gasteiger partial charge in [-0.05, 0) is 11.5 Å². The van der Waals surface area contributed by atoms with Gasteiger partial charge in [-0.2, -0.15) is 0 Å². The molecule has 0 saturated carbocycles. The molecule has 0 atom stereocenters. The highest BCUT2D eigenvalue weighted by Gasteiger charge is 2.10. The van der Waals surface area contributed by atoms with Crippen LogP contribution in [0, 0.1) is 5.92 Å². The second-order valence-corrected chi connectivity index (χ2v) is 5.37. The van der Waals surface area contributed by atoms with Gasteiger partial charge in [0.05, 0.1) is 0 Å². The summed E-state index contributed by atoms with van der Waals surface area (Å²) in [6.45, 7) is 7.19. The van der Waals surface area contributed by atoms with Gasteiger partial charge in [-0.1, -0.05) is 44.2 Å². The van der Waals surface area contributed by atoms with Gasteiger partial charge in [0.15, 0.2) is 0 Å². The summed E-state index contributed by atoms with van der Waals surface area (Å²) < 4.78 is 0. The molecule has 2 amide bonds. The third-order valence-electron chi connectivity index (χ3n) is 2.96. The Bertz CT molecular complexity index is 429. The normalized spacial score (nSPS) is 10.4. The van der Waals surface area contributed by atoms with Crippen LogP contribution in [0.2, 0.25) is 0 Å². The molecule has 20 heavy (non-hydrogen) atoms. The first-order chi connectivity index (χ1) is 9.49. The van der Waals surface area contributed by atoms with E-state index in [2.05, 4.69) is 5.32 Å². The van der Waals surface area contributed by atoms with Gasteiger partial charge < -0.3 is 10.2 Å². The first-order valence-corrected chi connectivity index (χ1v) is 7.05.